The molecule has 3 aromatic carbocycles. The van der Waals surface area contributed by atoms with Gasteiger partial charge in [-0.05, 0) is 79.3 Å². The van der Waals surface area contributed by atoms with Gasteiger partial charge in [0.1, 0.15) is 11.6 Å². The summed E-state index contributed by atoms with van der Waals surface area (Å²) in [5.74, 6) is 11.1. The van der Waals surface area contributed by atoms with Gasteiger partial charge < -0.3 is 0 Å². The second-order valence-electron chi connectivity index (χ2n) is 8.97. The van der Waals surface area contributed by atoms with Crippen LogP contribution in [0, 0.1) is 35.3 Å². The van der Waals surface area contributed by atoms with Crippen LogP contribution in [-0.2, 0) is 12.8 Å². The minimum absolute atomic E-state index is 0.253. The second-order valence-corrected chi connectivity index (χ2v) is 8.97. The van der Waals surface area contributed by atoms with E-state index in [0.29, 0.717) is 16.7 Å². The molecule has 0 N–H and O–H groups in total. The zero-order chi connectivity index (χ0) is 24.9. The van der Waals surface area contributed by atoms with Gasteiger partial charge in [0.15, 0.2) is 0 Å². The Balaban J connectivity index is 1.60. The number of benzene rings is 3. The quantitative estimate of drug-likeness (QED) is 0.218. The SMILES string of the molecule is CCCCCCCc1ccc(C#Cc2ccc(C#Cc3ccc(CCCC)c(F)c3)c(F)c2)cc1. The number of unbranched alkanes of at least 4 members (excludes halogenated alkanes) is 5. The summed E-state index contributed by atoms with van der Waals surface area (Å²) in [4.78, 5) is 0. The predicted octanol–water partition coefficient (Wildman–Crippen LogP) is 8.62. The first-order valence-corrected chi connectivity index (χ1v) is 12.8. The van der Waals surface area contributed by atoms with Crippen LogP contribution < -0.4 is 0 Å². The maximum atomic E-state index is 14.6. The van der Waals surface area contributed by atoms with Crippen molar-refractivity contribution in [1.82, 2.24) is 0 Å². The Labute approximate surface area is 209 Å². The molecule has 3 aromatic rings. The zero-order valence-corrected chi connectivity index (χ0v) is 20.9. The minimum Gasteiger partial charge on any atom is -0.207 e. The van der Waals surface area contributed by atoms with Crippen molar-refractivity contribution in [3.8, 4) is 23.7 Å². The molecule has 0 unspecified atom stereocenters. The molecule has 0 radical (unpaired) electrons. The van der Waals surface area contributed by atoms with Crippen molar-refractivity contribution in [1.29, 1.82) is 0 Å². The summed E-state index contributed by atoms with van der Waals surface area (Å²) in [6.07, 6.45) is 10.2. The summed E-state index contributed by atoms with van der Waals surface area (Å²) < 4.78 is 28.8. The molecule has 0 aromatic heterocycles. The highest BCUT2D eigenvalue weighted by atomic mass is 19.1. The van der Waals surface area contributed by atoms with Gasteiger partial charge >= 0.3 is 0 Å². The smallest absolute Gasteiger partial charge is 0.140 e. The van der Waals surface area contributed by atoms with Crippen molar-refractivity contribution >= 4 is 0 Å². The van der Waals surface area contributed by atoms with Crippen LogP contribution in [0.25, 0.3) is 0 Å². The fraction of sp³-hybridized carbons (Fsp3) is 0.333. The molecule has 2 heteroatoms. The van der Waals surface area contributed by atoms with E-state index in [9.17, 15) is 8.78 Å². The Morgan fingerprint density at radius 3 is 1.83 bits per heavy atom. The van der Waals surface area contributed by atoms with Crippen LogP contribution in [0.4, 0.5) is 8.78 Å². The topological polar surface area (TPSA) is 0 Å². The number of rotatable bonds is 9. The third kappa shape index (κ3) is 8.73. The maximum absolute atomic E-state index is 14.6. The molecular formula is C33H34F2. The fourth-order valence-electron chi connectivity index (χ4n) is 3.86. The lowest BCUT2D eigenvalue weighted by Gasteiger charge is -2.02. The largest absolute Gasteiger partial charge is 0.207 e. The molecule has 0 aliphatic carbocycles. The number of halogens is 2. The van der Waals surface area contributed by atoms with Crippen molar-refractivity contribution < 1.29 is 8.78 Å². The molecule has 0 bridgehead atoms. The molecule has 3 rings (SSSR count). The lowest BCUT2D eigenvalue weighted by Crippen LogP contribution is -1.91. The molecule has 0 amide bonds. The second kappa shape index (κ2) is 14.1. The molecule has 180 valence electrons. The Morgan fingerprint density at radius 2 is 1.14 bits per heavy atom. The van der Waals surface area contributed by atoms with E-state index in [4.69, 9.17) is 0 Å². The van der Waals surface area contributed by atoms with Crippen molar-refractivity contribution in [2.75, 3.05) is 0 Å². The first kappa shape index (κ1) is 26.2. The van der Waals surface area contributed by atoms with Gasteiger partial charge in [-0.3, -0.25) is 0 Å². The van der Waals surface area contributed by atoms with Gasteiger partial charge in [0, 0.05) is 16.7 Å². The molecule has 0 saturated heterocycles. The lowest BCUT2D eigenvalue weighted by atomic mass is 10.0. The van der Waals surface area contributed by atoms with E-state index in [0.717, 1.165) is 31.2 Å². The molecule has 0 spiro atoms. The van der Waals surface area contributed by atoms with Crippen molar-refractivity contribution in [2.24, 2.45) is 0 Å². The minimum atomic E-state index is -0.428. The van der Waals surface area contributed by atoms with E-state index in [1.54, 1.807) is 24.3 Å². The van der Waals surface area contributed by atoms with Crippen LogP contribution in [0.15, 0.2) is 60.7 Å². The van der Waals surface area contributed by atoms with E-state index in [1.807, 2.05) is 12.1 Å². The Morgan fingerprint density at radius 1 is 0.543 bits per heavy atom. The standard InChI is InChI=1S/C33H34F2/c1-3-5-7-8-9-10-26-12-14-27(15-13-26)16-17-28-19-22-31(33(35)24-28)23-20-29-18-21-30(11-6-4-2)32(34)25-29/h12-15,18-19,21-22,24-25H,3-11H2,1-2H3. The molecule has 0 fully saturated rings. The van der Waals surface area contributed by atoms with Gasteiger partial charge in [0.2, 0.25) is 0 Å². The highest BCUT2D eigenvalue weighted by molar-refractivity contribution is 5.49. The Bertz CT molecular complexity index is 1210. The number of hydrogen-bond acceptors (Lipinski definition) is 0. The molecule has 35 heavy (non-hydrogen) atoms. The van der Waals surface area contributed by atoms with Gasteiger partial charge in [0.05, 0.1) is 5.56 Å². The third-order valence-corrected chi connectivity index (χ3v) is 6.04. The summed E-state index contributed by atoms with van der Waals surface area (Å²) in [5, 5.41) is 0. The van der Waals surface area contributed by atoms with Gasteiger partial charge in [-0.2, -0.15) is 0 Å². The predicted molar refractivity (Wildman–Crippen MR) is 142 cm³/mol. The zero-order valence-electron chi connectivity index (χ0n) is 20.9. The van der Waals surface area contributed by atoms with Crippen molar-refractivity contribution in [3.05, 3.63) is 106 Å². The van der Waals surface area contributed by atoms with Crippen molar-refractivity contribution in [3.63, 3.8) is 0 Å². The van der Waals surface area contributed by atoms with Gasteiger partial charge in [-0.25, -0.2) is 8.78 Å². The molecular weight excluding hydrogens is 434 g/mol. The van der Waals surface area contributed by atoms with Gasteiger partial charge in [-0.15, -0.1) is 0 Å². The summed E-state index contributed by atoms with van der Waals surface area (Å²) >= 11 is 0. The van der Waals surface area contributed by atoms with Gasteiger partial charge in [0.25, 0.3) is 0 Å². The molecule has 0 aliphatic heterocycles. The highest BCUT2D eigenvalue weighted by Crippen LogP contribution is 2.14. The summed E-state index contributed by atoms with van der Waals surface area (Å²) in [5.41, 5.74) is 4.34. The van der Waals surface area contributed by atoms with E-state index in [-0.39, 0.29) is 11.4 Å². The van der Waals surface area contributed by atoms with Crippen molar-refractivity contribution in [2.45, 2.75) is 71.6 Å². The van der Waals surface area contributed by atoms with Crippen LogP contribution in [0.5, 0.6) is 0 Å². The monoisotopic (exact) mass is 468 g/mol. The first-order valence-electron chi connectivity index (χ1n) is 12.8. The van der Waals surface area contributed by atoms with E-state index >= 15 is 0 Å². The fourth-order valence-corrected chi connectivity index (χ4v) is 3.86. The average molecular weight is 469 g/mol. The average Bonchev–Trinajstić information content (AvgIpc) is 2.87. The van der Waals surface area contributed by atoms with Gasteiger partial charge in [-0.1, -0.05) is 87.8 Å². The lowest BCUT2D eigenvalue weighted by molar-refractivity contribution is 0.603. The Hall–Kier alpha value is -3.36. The number of aryl methyl sites for hydroxylation is 2. The van der Waals surface area contributed by atoms with Crippen LogP contribution >= 0.6 is 0 Å². The molecule has 0 saturated carbocycles. The molecule has 0 nitrogen and oxygen atoms in total. The van der Waals surface area contributed by atoms with E-state index in [2.05, 4.69) is 49.7 Å². The van der Waals surface area contributed by atoms with Crippen LogP contribution in [0.3, 0.4) is 0 Å². The first-order chi connectivity index (χ1) is 17.1. The molecule has 0 heterocycles. The maximum Gasteiger partial charge on any atom is 0.140 e. The number of hydrogen-bond donors (Lipinski definition) is 0. The van der Waals surface area contributed by atoms with Crippen LogP contribution in [0.1, 0.15) is 92.2 Å². The molecule has 0 aliphatic rings. The normalized spacial score (nSPS) is 10.3. The van der Waals surface area contributed by atoms with E-state index < -0.39 is 5.82 Å². The Kier molecular flexibility index (Phi) is 10.6. The summed E-state index contributed by atoms with van der Waals surface area (Å²) in [6, 6.07) is 18.1. The highest BCUT2D eigenvalue weighted by Gasteiger charge is 2.03. The summed E-state index contributed by atoms with van der Waals surface area (Å²) in [6.45, 7) is 4.31. The third-order valence-electron chi connectivity index (χ3n) is 6.04. The van der Waals surface area contributed by atoms with Crippen LogP contribution in [-0.4, -0.2) is 0 Å². The molecule has 0 atom stereocenters. The van der Waals surface area contributed by atoms with E-state index in [1.165, 1.54) is 49.8 Å². The van der Waals surface area contributed by atoms with Crippen LogP contribution in [0.2, 0.25) is 0 Å². The summed E-state index contributed by atoms with van der Waals surface area (Å²) in [7, 11) is 0.